The molecule has 1 aliphatic rings. The predicted octanol–water partition coefficient (Wildman–Crippen LogP) is 4.40. The van der Waals surface area contributed by atoms with Crippen LogP contribution in [0.3, 0.4) is 0 Å². The van der Waals surface area contributed by atoms with E-state index in [2.05, 4.69) is 5.32 Å². The minimum atomic E-state index is -2.45. The number of nitrogens with zero attached hydrogens (tertiary/aromatic N) is 1. The fraction of sp³-hybridized carbons (Fsp3) is 0.364. The van der Waals surface area contributed by atoms with Crippen molar-refractivity contribution < 1.29 is 18.7 Å². The molecule has 1 aliphatic heterocycles. The minimum absolute atomic E-state index is 0.226. The fourth-order valence-electron chi connectivity index (χ4n) is 3.42. The van der Waals surface area contributed by atoms with Gasteiger partial charge in [0.15, 0.2) is 0 Å². The highest BCUT2D eigenvalue weighted by atomic mass is 19.1. The number of likely N-dealkylation sites (N-methyl/N-ethyl adjacent to an activating group) is 1. The standard InChI is InChI=1S/C22H25FN2O3/c1-14-10-12-15(13-11-14)18(24-20(27)28-21(2,3)4)22(23)16-8-6-7-9-17(16)25(5)19(22)26/h6-13,18H,1-5H3,(H,24,27)/t18?,22-/m0/s1. The molecule has 148 valence electrons. The molecule has 1 unspecified atom stereocenters. The van der Waals surface area contributed by atoms with Gasteiger partial charge < -0.3 is 15.0 Å². The molecule has 0 fully saturated rings. The van der Waals surface area contributed by atoms with Crippen LogP contribution in [-0.4, -0.2) is 24.6 Å². The molecule has 3 rings (SSSR count). The van der Waals surface area contributed by atoms with Gasteiger partial charge in [0.2, 0.25) is 5.67 Å². The highest BCUT2D eigenvalue weighted by Crippen LogP contribution is 2.49. The summed E-state index contributed by atoms with van der Waals surface area (Å²) >= 11 is 0. The molecule has 2 atom stereocenters. The lowest BCUT2D eigenvalue weighted by atomic mass is 9.84. The van der Waals surface area contributed by atoms with Gasteiger partial charge in [-0.3, -0.25) is 4.79 Å². The van der Waals surface area contributed by atoms with Crippen molar-refractivity contribution in [2.24, 2.45) is 0 Å². The normalized spacial score (nSPS) is 19.9. The Morgan fingerprint density at radius 2 is 1.75 bits per heavy atom. The van der Waals surface area contributed by atoms with Crippen LogP contribution in [0.15, 0.2) is 48.5 Å². The number of halogens is 1. The Bertz CT molecular complexity index is 905. The second-order valence-electron chi connectivity index (χ2n) is 8.08. The molecule has 2 amide bonds. The molecule has 28 heavy (non-hydrogen) atoms. The van der Waals surface area contributed by atoms with E-state index in [1.54, 1.807) is 57.2 Å². The summed E-state index contributed by atoms with van der Waals surface area (Å²) in [6, 6.07) is 12.5. The molecule has 1 heterocycles. The summed E-state index contributed by atoms with van der Waals surface area (Å²) in [6.45, 7) is 7.09. The largest absolute Gasteiger partial charge is 0.444 e. The number of hydrogen-bond donors (Lipinski definition) is 1. The number of alkyl carbamates (subject to hydrolysis) is 1. The van der Waals surface area contributed by atoms with E-state index in [-0.39, 0.29) is 5.56 Å². The fourth-order valence-corrected chi connectivity index (χ4v) is 3.42. The summed E-state index contributed by atoms with van der Waals surface area (Å²) in [5.74, 6) is -0.727. The monoisotopic (exact) mass is 384 g/mol. The number of ether oxygens (including phenoxy) is 1. The first-order valence-corrected chi connectivity index (χ1v) is 9.16. The second-order valence-corrected chi connectivity index (χ2v) is 8.08. The number of fused-ring (bicyclic) bond motifs is 1. The van der Waals surface area contributed by atoms with Crippen LogP contribution < -0.4 is 10.2 Å². The highest BCUT2D eigenvalue weighted by molar-refractivity contribution is 6.07. The summed E-state index contributed by atoms with van der Waals surface area (Å²) in [5.41, 5.74) is -1.01. The Hall–Kier alpha value is -2.89. The zero-order valence-electron chi connectivity index (χ0n) is 16.7. The summed E-state index contributed by atoms with van der Waals surface area (Å²) in [6.07, 6.45) is -0.782. The van der Waals surface area contributed by atoms with Crippen molar-refractivity contribution in [2.75, 3.05) is 11.9 Å². The van der Waals surface area contributed by atoms with Crippen LogP contribution in [0.5, 0.6) is 0 Å². The molecule has 0 saturated carbocycles. The average molecular weight is 384 g/mol. The van der Waals surface area contributed by atoms with Crippen molar-refractivity contribution in [1.82, 2.24) is 5.32 Å². The van der Waals surface area contributed by atoms with Gasteiger partial charge in [-0.15, -0.1) is 0 Å². The van der Waals surface area contributed by atoms with Gasteiger partial charge in [0.25, 0.3) is 5.91 Å². The van der Waals surface area contributed by atoms with E-state index in [1.807, 2.05) is 19.1 Å². The van der Waals surface area contributed by atoms with E-state index in [9.17, 15) is 9.59 Å². The van der Waals surface area contributed by atoms with E-state index < -0.39 is 29.3 Å². The lowest BCUT2D eigenvalue weighted by molar-refractivity contribution is -0.131. The van der Waals surface area contributed by atoms with Crippen LogP contribution in [0.1, 0.15) is 43.5 Å². The zero-order valence-corrected chi connectivity index (χ0v) is 16.7. The van der Waals surface area contributed by atoms with E-state index in [1.165, 1.54) is 11.9 Å². The summed E-state index contributed by atoms with van der Waals surface area (Å²) in [4.78, 5) is 26.8. The molecule has 0 bridgehead atoms. The maximum absolute atomic E-state index is 16.5. The minimum Gasteiger partial charge on any atom is -0.444 e. The molecule has 6 heteroatoms. The van der Waals surface area contributed by atoms with Crippen molar-refractivity contribution in [3.8, 4) is 0 Å². The Morgan fingerprint density at radius 3 is 2.36 bits per heavy atom. The van der Waals surface area contributed by atoms with Gasteiger partial charge in [-0.2, -0.15) is 0 Å². The first-order chi connectivity index (χ1) is 13.0. The topological polar surface area (TPSA) is 58.6 Å². The van der Waals surface area contributed by atoms with E-state index >= 15 is 4.39 Å². The van der Waals surface area contributed by atoms with Crippen molar-refractivity contribution in [2.45, 2.75) is 45.0 Å². The molecule has 0 saturated heterocycles. The summed E-state index contributed by atoms with van der Waals surface area (Å²) < 4.78 is 21.9. The first-order valence-electron chi connectivity index (χ1n) is 9.16. The van der Waals surface area contributed by atoms with Gasteiger partial charge in [-0.1, -0.05) is 48.0 Å². The number of anilines is 1. The van der Waals surface area contributed by atoms with Crippen molar-refractivity contribution >= 4 is 17.7 Å². The maximum atomic E-state index is 16.5. The quantitative estimate of drug-likeness (QED) is 0.853. The van der Waals surface area contributed by atoms with Crippen LogP contribution in [-0.2, 0) is 15.2 Å². The number of benzene rings is 2. The molecular formula is C22H25FN2O3. The van der Waals surface area contributed by atoms with Crippen LogP contribution in [0.4, 0.5) is 14.9 Å². The van der Waals surface area contributed by atoms with Gasteiger partial charge in [-0.25, -0.2) is 9.18 Å². The molecule has 2 aromatic rings. The maximum Gasteiger partial charge on any atom is 0.408 e. The number of aryl methyl sites for hydroxylation is 1. The third-order valence-electron chi connectivity index (χ3n) is 4.74. The second kappa shape index (κ2) is 6.93. The van der Waals surface area contributed by atoms with Gasteiger partial charge in [0.05, 0.1) is 5.69 Å². The number of carbonyl (C=O) groups excluding carboxylic acids is 2. The molecule has 0 aromatic heterocycles. The van der Waals surface area contributed by atoms with Crippen LogP contribution >= 0.6 is 0 Å². The number of carbonyl (C=O) groups is 2. The molecule has 0 aliphatic carbocycles. The Balaban J connectivity index is 2.09. The van der Waals surface area contributed by atoms with Gasteiger partial charge >= 0.3 is 6.09 Å². The molecule has 5 nitrogen and oxygen atoms in total. The predicted molar refractivity (Wildman–Crippen MR) is 106 cm³/mol. The summed E-state index contributed by atoms with van der Waals surface area (Å²) in [7, 11) is 1.53. The molecule has 0 spiro atoms. The number of para-hydroxylation sites is 1. The number of amides is 2. The first kappa shape index (κ1) is 19.9. The SMILES string of the molecule is Cc1ccc(C(NC(=O)OC(C)(C)C)[C@]2(F)C(=O)N(C)c3ccccc32)cc1. The van der Waals surface area contributed by atoms with Gasteiger partial charge in [0.1, 0.15) is 11.6 Å². The number of nitrogens with one attached hydrogen (secondary N) is 1. The van der Waals surface area contributed by atoms with Gasteiger partial charge in [-0.05, 0) is 39.3 Å². The highest BCUT2D eigenvalue weighted by Gasteiger charge is 2.57. The van der Waals surface area contributed by atoms with Crippen molar-refractivity contribution in [3.63, 3.8) is 0 Å². The Labute approximate surface area is 164 Å². The molecule has 0 radical (unpaired) electrons. The van der Waals surface area contributed by atoms with E-state index in [0.717, 1.165) is 5.56 Å². The Morgan fingerprint density at radius 1 is 1.14 bits per heavy atom. The van der Waals surface area contributed by atoms with Crippen LogP contribution in [0, 0.1) is 6.92 Å². The van der Waals surface area contributed by atoms with Crippen LogP contribution in [0.2, 0.25) is 0 Å². The number of rotatable bonds is 3. The van der Waals surface area contributed by atoms with E-state index in [0.29, 0.717) is 11.3 Å². The Kier molecular flexibility index (Phi) is 4.91. The zero-order chi connectivity index (χ0) is 20.7. The van der Waals surface area contributed by atoms with Crippen molar-refractivity contribution in [1.29, 1.82) is 0 Å². The lowest BCUT2D eigenvalue weighted by Crippen LogP contribution is -2.48. The third kappa shape index (κ3) is 3.46. The third-order valence-corrected chi connectivity index (χ3v) is 4.74. The van der Waals surface area contributed by atoms with Gasteiger partial charge in [0, 0.05) is 12.6 Å². The molecular weight excluding hydrogens is 359 g/mol. The molecule has 1 N–H and O–H groups in total. The average Bonchev–Trinajstić information content (AvgIpc) is 2.82. The number of alkyl halides is 1. The number of hydrogen-bond acceptors (Lipinski definition) is 3. The van der Waals surface area contributed by atoms with Crippen LogP contribution in [0.25, 0.3) is 0 Å². The summed E-state index contributed by atoms with van der Waals surface area (Å²) in [5, 5.41) is 2.60. The lowest BCUT2D eigenvalue weighted by Gasteiger charge is -2.31. The van der Waals surface area contributed by atoms with Crippen molar-refractivity contribution in [3.05, 3.63) is 65.2 Å². The molecule has 2 aromatic carbocycles. The van der Waals surface area contributed by atoms with E-state index in [4.69, 9.17) is 4.74 Å². The smallest absolute Gasteiger partial charge is 0.408 e.